The molecule has 2 aromatic rings. The lowest BCUT2D eigenvalue weighted by atomic mass is 9.96. The van der Waals surface area contributed by atoms with E-state index in [1.165, 1.54) is 0 Å². The first kappa shape index (κ1) is 22.4. The second-order valence-electron chi connectivity index (χ2n) is 8.81. The van der Waals surface area contributed by atoms with E-state index < -0.39 is 29.9 Å². The third kappa shape index (κ3) is 4.03. The van der Waals surface area contributed by atoms with Gasteiger partial charge in [0.15, 0.2) is 11.7 Å². The van der Waals surface area contributed by atoms with Crippen LogP contribution in [-0.4, -0.2) is 67.8 Å². The molecule has 8 nitrogen and oxygen atoms in total. The lowest BCUT2D eigenvalue weighted by molar-refractivity contribution is -0.122. The van der Waals surface area contributed by atoms with E-state index in [1.807, 2.05) is 13.0 Å². The minimum absolute atomic E-state index is 0.0371. The summed E-state index contributed by atoms with van der Waals surface area (Å²) in [5.41, 5.74) is 0.110. The minimum Gasteiger partial charge on any atom is -0.491 e. The topological polar surface area (TPSA) is 94.5 Å². The van der Waals surface area contributed by atoms with Crippen LogP contribution < -0.4 is 9.64 Å². The van der Waals surface area contributed by atoms with Gasteiger partial charge in [-0.2, -0.15) is 0 Å². The number of esters is 1. The summed E-state index contributed by atoms with van der Waals surface area (Å²) >= 11 is 0. The van der Waals surface area contributed by atoms with Gasteiger partial charge >= 0.3 is 5.97 Å². The van der Waals surface area contributed by atoms with Crippen LogP contribution in [0.3, 0.4) is 0 Å². The lowest BCUT2D eigenvalue weighted by Gasteiger charge is -2.20. The van der Waals surface area contributed by atoms with Crippen LogP contribution in [0.25, 0.3) is 0 Å². The van der Waals surface area contributed by atoms with Crippen LogP contribution in [0.4, 0.5) is 5.69 Å². The van der Waals surface area contributed by atoms with Crippen molar-refractivity contribution < 1.29 is 33.6 Å². The van der Waals surface area contributed by atoms with E-state index in [9.17, 15) is 14.7 Å². The van der Waals surface area contributed by atoms with Gasteiger partial charge in [0.25, 0.3) is 0 Å². The van der Waals surface area contributed by atoms with Gasteiger partial charge < -0.3 is 29.0 Å². The quantitative estimate of drug-likeness (QED) is 0.536. The molecule has 8 heteroatoms. The summed E-state index contributed by atoms with van der Waals surface area (Å²) in [7, 11) is 1.70. The number of ether oxygens (including phenoxy) is 4. The molecule has 0 aromatic heterocycles. The van der Waals surface area contributed by atoms with E-state index in [1.54, 1.807) is 54.4 Å². The maximum Gasteiger partial charge on any atom is 0.338 e. The van der Waals surface area contributed by atoms with Crippen LogP contribution in [0.2, 0.25) is 0 Å². The fourth-order valence-electron chi connectivity index (χ4n) is 4.38. The first-order valence-corrected chi connectivity index (χ1v) is 11.1. The number of aliphatic hydroxyl groups is 1. The smallest absolute Gasteiger partial charge is 0.338 e. The first-order valence-electron chi connectivity index (χ1n) is 11.1. The molecule has 0 bridgehead atoms. The monoisotopic (exact) mass is 463 g/mol. The van der Waals surface area contributed by atoms with Crippen molar-refractivity contribution in [3.05, 3.63) is 59.7 Å². The van der Waals surface area contributed by atoms with Gasteiger partial charge in [-0.25, -0.2) is 4.79 Å². The van der Waals surface area contributed by atoms with E-state index >= 15 is 0 Å². The van der Waals surface area contributed by atoms with E-state index in [0.717, 1.165) is 0 Å². The summed E-state index contributed by atoms with van der Waals surface area (Å²) in [4.78, 5) is 26.4. The van der Waals surface area contributed by atoms with E-state index in [2.05, 4.69) is 11.8 Å². The molecule has 0 unspecified atom stereocenters. The number of rotatable bonds is 2. The molecule has 5 rings (SSSR count). The normalized spacial score (nSPS) is 29.9. The lowest BCUT2D eigenvalue weighted by Crippen LogP contribution is -2.42. The summed E-state index contributed by atoms with van der Waals surface area (Å²) in [6.07, 6.45) is -2.00. The van der Waals surface area contributed by atoms with Gasteiger partial charge in [-0.3, -0.25) is 4.79 Å². The fourth-order valence-corrected chi connectivity index (χ4v) is 4.38. The number of carbonyl (C=O) groups excluding carboxylic acids is 2. The molecule has 0 aliphatic carbocycles. The highest BCUT2D eigenvalue weighted by Gasteiger charge is 2.57. The largest absolute Gasteiger partial charge is 0.491 e. The zero-order valence-corrected chi connectivity index (χ0v) is 18.9. The summed E-state index contributed by atoms with van der Waals surface area (Å²) in [6.45, 7) is 2.18. The van der Waals surface area contributed by atoms with Crippen LogP contribution in [0, 0.1) is 17.8 Å². The van der Waals surface area contributed by atoms with Gasteiger partial charge in [-0.1, -0.05) is 37.0 Å². The highest BCUT2D eigenvalue weighted by atomic mass is 16.6. The molecule has 0 radical (unpaired) electrons. The molecule has 34 heavy (non-hydrogen) atoms. The molecule has 1 N–H and O–H groups in total. The van der Waals surface area contributed by atoms with Crippen LogP contribution in [-0.2, 0) is 19.0 Å². The van der Waals surface area contributed by atoms with Crippen LogP contribution in [0.15, 0.2) is 48.5 Å². The zero-order valence-electron chi connectivity index (χ0n) is 18.9. The van der Waals surface area contributed by atoms with Crippen molar-refractivity contribution in [2.45, 2.75) is 30.8 Å². The van der Waals surface area contributed by atoms with Crippen LogP contribution in [0.5, 0.6) is 5.75 Å². The molecule has 0 saturated carbocycles. The molecule has 1 amide bonds. The number of anilines is 1. The highest BCUT2D eigenvalue weighted by Crippen LogP contribution is 2.36. The number of carbonyl (C=O) groups is 2. The average molecular weight is 463 g/mol. The van der Waals surface area contributed by atoms with Crippen LogP contribution in [0.1, 0.15) is 22.8 Å². The number of hydrogen-bond donors (Lipinski definition) is 1. The van der Waals surface area contributed by atoms with Gasteiger partial charge in [0.2, 0.25) is 5.91 Å². The average Bonchev–Trinajstić information content (AvgIpc) is 3.39. The molecule has 3 aliphatic rings. The number of hydrogen-bond acceptors (Lipinski definition) is 7. The molecule has 3 aliphatic heterocycles. The Bertz CT molecular complexity index is 1170. The fraction of sp³-hybridized carbons (Fsp3) is 0.385. The molecule has 5 atom stereocenters. The van der Waals surface area contributed by atoms with E-state index in [-0.39, 0.29) is 25.0 Å². The van der Waals surface area contributed by atoms with Crippen molar-refractivity contribution in [2.24, 2.45) is 5.92 Å². The Morgan fingerprint density at radius 2 is 1.97 bits per heavy atom. The van der Waals surface area contributed by atoms with Crippen molar-refractivity contribution >= 4 is 17.6 Å². The van der Waals surface area contributed by atoms with Gasteiger partial charge in [-0.15, -0.1) is 0 Å². The maximum absolute atomic E-state index is 12.5. The SMILES string of the molecule is C[C@H]1COc2ccc(C#C[C@@]3(O)CO[C@@H]4[C@@H](OC(=O)c5ccccc5)CO[C@@H]43)cc2N(C)C1=O. The maximum atomic E-state index is 12.5. The van der Waals surface area contributed by atoms with Crippen LogP contribution >= 0.6 is 0 Å². The first-order chi connectivity index (χ1) is 16.4. The molecular formula is C26H25NO7. The molecule has 176 valence electrons. The van der Waals surface area contributed by atoms with Crippen molar-refractivity contribution in [3.8, 4) is 17.6 Å². The molecular weight excluding hydrogens is 438 g/mol. The predicted octanol–water partition coefficient (Wildman–Crippen LogP) is 1.78. The van der Waals surface area contributed by atoms with E-state index in [0.29, 0.717) is 29.2 Å². The molecule has 2 aromatic carbocycles. The van der Waals surface area contributed by atoms with Crippen molar-refractivity contribution in [1.29, 1.82) is 0 Å². The Hall–Kier alpha value is -3.38. The third-order valence-electron chi connectivity index (χ3n) is 6.32. The number of benzene rings is 2. The summed E-state index contributed by atoms with van der Waals surface area (Å²) < 4.78 is 22.8. The summed E-state index contributed by atoms with van der Waals surface area (Å²) in [5, 5.41) is 11.2. The predicted molar refractivity (Wildman–Crippen MR) is 121 cm³/mol. The van der Waals surface area contributed by atoms with Gasteiger partial charge in [0.05, 0.1) is 37.0 Å². The summed E-state index contributed by atoms with van der Waals surface area (Å²) in [6, 6.07) is 14.0. The second-order valence-corrected chi connectivity index (χ2v) is 8.81. The molecule has 3 heterocycles. The Balaban J connectivity index is 1.31. The van der Waals surface area contributed by atoms with Gasteiger partial charge in [0, 0.05) is 12.6 Å². The van der Waals surface area contributed by atoms with Crippen molar-refractivity contribution in [3.63, 3.8) is 0 Å². The third-order valence-corrected chi connectivity index (χ3v) is 6.32. The second kappa shape index (κ2) is 8.76. The van der Waals surface area contributed by atoms with E-state index in [4.69, 9.17) is 18.9 Å². The Morgan fingerprint density at radius 3 is 2.76 bits per heavy atom. The number of nitrogens with zero attached hydrogens (tertiary/aromatic N) is 1. The molecule has 2 fully saturated rings. The zero-order chi connectivity index (χ0) is 23.9. The standard InChI is InChI=1S/C26H25NO7/c1-16-13-31-20-9-8-17(12-19(20)27(2)24(16)28)10-11-26(30)15-33-22-21(14-32-23(22)26)34-25(29)18-6-4-3-5-7-18/h3-9,12,16,21-23,30H,13-15H2,1-2H3/t16-,21-,22+,23-,26+/m0/s1. The number of amides is 1. The Morgan fingerprint density at radius 1 is 1.18 bits per heavy atom. The van der Waals surface area contributed by atoms with Gasteiger partial charge in [0.1, 0.15) is 18.0 Å². The Kier molecular flexibility index (Phi) is 5.78. The highest BCUT2D eigenvalue weighted by molar-refractivity contribution is 5.96. The summed E-state index contributed by atoms with van der Waals surface area (Å²) in [5.74, 6) is 5.71. The minimum atomic E-state index is -1.56. The van der Waals surface area contributed by atoms with Gasteiger partial charge in [-0.05, 0) is 30.3 Å². The van der Waals surface area contributed by atoms with Crippen molar-refractivity contribution in [2.75, 3.05) is 31.8 Å². The molecule has 2 saturated heterocycles. The Labute approximate surface area is 197 Å². The number of fused-ring (bicyclic) bond motifs is 2. The van der Waals surface area contributed by atoms with Crippen molar-refractivity contribution in [1.82, 2.24) is 0 Å². The molecule has 0 spiro atoms.